The highest BCUT2D eigenvalue weighted by atomic mass is 32.2. The van der Waals surface area contributed by atoms with E-state index in [0.717, 1.165) is 107 Å². The summed E-state index contributed by atoms with van der Waals surface area (Å²) in [5, 5.41) is 42.9. The highest BCUT2D eigenvalue weighted by Crippen LogP contribution is 2.48. The van der Waals surface area contributed by atoms with Crippen LogP contribution in [-0.2, 0) is 36.0 Å². The molecule has 2 aliphatic carbocycles. The second kappa shape index (κ2) is 37.5. The van der Waals surface area contributed by atoms with Gasteiger partial charge in [0.1, 0.15) is 62.9 Å². The summed E-state index contributed by atoms with van der Waals surface area (Å²) in [4.78, 5) is 108. The molecule has 2 fully saturated rings. The fraction of sp³-hybridized carbons (Fsp3) is 0.259. The van der Waals surface area contributed by atoms with Crippen molar-refractivity contribution >= 4 is 132 Å². The topological polar surface area (TPSA) is 363 Å². The van der Waals surface area contributed by atoms with Crippen LogP contribution in [0.4, 0.5) is 78.1 Å². The maximum atomic E-state index is 13.7. The van der Waals surface area contributed by atoms with E-state index < -0.39 is 9.84 Å². The van der Waals surface area contributed by atoms with E-state index in [0.29, 0.717) is 142 Å². The van der Waals surface area contributed by atoms with Crippen molar-refractivity contribution in [2.45, 2.75) is 139 Å². The number of guanidine groups is 4. The average molecular weight is 1970 g/mol. The number of H-pyrrole nitrogens is 1. The molecular weight excluding hydrogens is 1860 g/mol. The van der Waals surface area contributed by atoms with Crippen molar-refractivity contribution < 1.29 is 41.5 Å². The van der Waals surface area contributed by atoms with Gasteiger partial charge in [0.2, 0.25) is 29.4 Å². The minimum absolute atomic E-state index is 0.0353. The number of aromatic nitrogens is 10. The van der Waals surface area contributed by atoms with Crippen LogP contribution in [0.15, 0.2) is 279 Å². The summed E-state index contributed by atoms with van der Waals surface area (Å²) >= 11 is 0. The van der Waals surface area contributed by atoms with Crippen molar-refractivity contribution in [2.75, 3.05) is 88.4 Å². The first-order valence-corrected chi connectivity index (χ1v) is 49.9. The van der Waals surface area contributed by atoms with Crippen molar-refractivity contribution in [2.24, 2.45) is 20.0 Å². The van der Waals surface area contributed by atoms with Crippen LogP contribution in [0, 0.1) is 18.6 Å². The number of anilines is 12. The average Bonchev–Trinajstić information content (AvgIpc) is 1.54. The number of sulfone groups is 1. The zero-order valence-electron chi connectivity index (χ0n) is 81.5. The highest BCUT2D eigenvalue weighted by Gasteiger charge is 2.53. The molecule has 14 aromatic rings. The molecule has 145 heavy (non-hydrogen) atoms. The number of amides is 4. The summed E-state index contributed by atoms with van der Waals surface area (Å²) in [5.74, 6) is 5.99. The number of aliphatic hydroxyl groups excluding tert-OH is 1. The maximum absolute atomic E-state index is 13.7. The molecule has 0 unspecified atom stereocenters. The third kappa shape index (κ3) is 18.3. The Morgan fingerprint density at radius 1 is 0.428 bits per heavy atom. The summed E-state index contributed by atoms with van der Waals surface area (Å²) < 4.78 is 57.9. The number of aliphatic hydroxyl groups is 1. The van der Waals surface area contributed by atoms with Crippen LogP contribution >= 0.6 is 0 Å². The Labute approximate surface area is 835 Å². The van der Waals surface area contributed by atoms with E-state index in [4.69, 9.17) is 40.4 Å². The van der Waals surface area contributed by atoms with Crippen molar-refractivity contribution in [3.05, 3.63) is 327 Å². The number of benzene rings is 8. The van der Waals surface area contributed by atoms with Crippen LogP contribution in [0.2, 0.25) is 0 Å². The number of aliphatic imine (C=N–C) groups is 4. The number of hydrogen-bond donors (Lipinski definition) is 6. The second-order valence-electron chi connectivity index (χ2n) is 38.9. The molecule has 4 amide bonds. The molecule has 4 atom stereocenters. The van der Waals surface area contributed by atoms with Gasteiger partial charge in [0.25, 0.3) is 23.6 Å². The van der Waals surface area contributed by atoms with E-state index in [9.17, 15) is 46.3 Å². The molecular formula is C108H106F2N26O8S. The van der Waals surface area contributed by atoms with Crippen molar-refractivity contribution in [3.8, 4) is 22.5 Å². The van der Waals surface area contributed by atoms with Crippen LogP contribution in [0.3, 0.4) is 0 Å². The summed E-state index contributed by atoms with van der Waals surface area (Å²) in [7, 11) is 3.69. The first kappa shape index (κ1) is 94.3. The van der Waals surface area contributed by atoms with E-state index in [1.165, 1.54) is 35.2 Å². The number of nitrogens with zero attached hydrogens (tertiary/aromatic N) is 21. The van der Waals surface area contributed by atoms with Crippen molar-refractivity contribution in [1.29, 1.82) is 0 Å². The van der Waals surface area contributed by atoms with Gasteiger partial charge in [-0.2, -0.15) is 20.4 Å². The maximum Gasteiger partial charge on any atom is 0.267 e. The Hall–Kier alpha value is -17.0. The zero-order valence-corrected chi connectivity index (χ0v) is 82.3. The lowest BCUT2D eigenvalue weighted by molar-refractivity contribution is 0.0857. The fourth-order valence-electron chi connectivity index (χ4n) is 20.1. The fourth-order valence-corrected chi connectivity index (χ4v) is 20.8. The van der Waals surface area contributed by atoms with Gasteiger partial charge in [0.05, 0.1) is 85.1 Å². The lowest BCUT2D eigenvalue weighted by Gasteiger charge is -2.34. The Balaban J connectivity index is 0.000000114. The molecule has 6 N–H and O–H groups in total. The van der Waals surface area contributed by atoms with Crippen LogP contribution in [0.5, 0.6) is 0 Å². The van der Waals surface area contributed by atoms with Crippen LogP contribution in [0.25, 0.3) is 28.3 Å². The molecule has 34 nitrogen and oxygen atoms in total. The van der Waals surface area contributed by atoms with E-state index in [-0.39, 0.29) is 93.3 Å². The summed E-state index contributed by atoms with van der Waals surface area (Å²) in [6, 6.07) is 73.8. The number of para-hydroxylation sites is 2. The third-order valence-corrected chi connectivity index (χ3v) is 28.5. The molecule has 0 saturated heterocycles. The number of carbonyl (C=O) groups is 4. The lowest BCUT2D eigenvalue weighted by Crippen LogP contribution is -2.51. The van der Waals surface area contributed by atoms with Gasteiger partial charge >= 0.3 is 0 Å². The minimum Gasteiger partial charge on any atom is -0.508 e. The first-order valence-electron chi connectivity index (χ1n) is 48.0. The van der Waals surface area contributed by atoms with Gasteiger partial charge < -0.3 is 31.4 Å². The lowest BCUT2D eigenvalue weighted by atomic mass is 10.1. The number of aryl methyl sites for hydroxylation is 1. The molecule has 6 aromatic heterocycles. The van der Waals surface area contributed by atoms with E-state index in [2.05, 4.69) is 47.6 Å². The van der Waals surface area contributed by atoms with E-state index >= 15 is 0 Å². The quantitative estimate of drug-likeness (QED) is 0.0386. The second-order valence-corrected chi connectivity index (χ2v) is 40.9. The number of carbonyl (C=O) groups excluding carboxylic acids is 4. The molecule has 2 saturated carbocycles. The van der Waals surface area contributed by atoms with Gasteiger partial charge in [0, 0.05) is 85.8 Å². The van der Waals surface area contributed by atoms with Gasteiger partial charge in [-0.15, -0.1) is 0 Å². The molecule has 8 aromatic carbocycles. The number of nitrogens with one attached hydrogen (secondary N) is 5. The van der Waals surface area contributed by atoms with Gasteiger partial charge in [-0.25, -0.2) is 55.9 Å². The molecule has 8 aliphatic heterocycles. The number of halogens is 2. The zero-order chi connectivity index (χ0) is 101. The number of pyridine rings is 2. The molecule has 14 heterocycles. The predicted molar refractivity (Wildman–Crippen MR) is 557 cm³/mol. The van der Waals surface area contributed by atoms with E-state index in [1.54, 1.807) is 107 Å². The van der Waals surface area contributed by atoms with Gasteiger partial charge in [-0.3, -0.25) is 68.2 Å². The minimum atomic E-state index is -3.32. The summed E-state index contributed by atoms with van der Waals surface area (Å²) in [6.45, 7) is 16.4. The number of rotatable bonds is 20. The standard InChI is InChI=1S/C29H28FN7O.C29H27N7O2.C26H26N6O2.C24H25FN6O3S/c1-18-6-5-7-23(31-18)20-10-8-19(9-11-20)16-37-25(32-22-14-12-21(30)13-15-22)24-26(34-37)36-17-29(2,3)33-28(36)35(4)27(24)38;1-34-28(38)25-26(30-20-7-3-2-4-8-20)35(33-27(25)36-23-11-5-10-22(23)32-29(34)36)17-18-13-15-19(16-14-18)21-9-6-12-24(37)31-21;1-16(33)18-13-11-17(12-14-18)15-31-23(27-19-7-4-3-5-8-19)22-24(29-31)32-21-10-6-9-20(21)28-26(32)30(2)25(22)34;1-24(2)14-30-21-19(22(32)29(3)23(30)27-24)20(26-17-9-7-16(25)8-10-17)31(28-21)13-15-5-11-18(12-6-15)35(4,33)34/h5-15,32H,16-17H2,1-4H3;2-4,6-9,12-16,22-23,30H,5,10-11,17H2,1H3,(H,31,37);3-5,7-8,11-14,20-21,27,33H,1,6,9-10,15H2,2H3;5-12,26H,13-14H2,1-4H3/t;22-,23+;20-,21+;/m.11./s1. The summed E-state index contributed by atoms with van der Waals surface area (Å²) in [6.07, 6.45) is 7.58. The van der Waals surface area contributed by atoms with E-state index in [1.807, 2.05) is 212 Å². The summed E-state index contributed by atoms with van der Waals surface area (Å²) in [5.41, 5.74) is 13.3. The van der Waals surface area contributed by atoms with Gasteiger partial charge in [0.15, 0.2) is 33.1 Å². The molecule has 0 spiro atoms. The van der Waals surface area contributed by atoms with Crippen LogP contribution < -0.4 is 46.4 Å². The van der Waals surface area contributed by atoms with Crippen LogP contribution in [-0.4, -0.2) is 212 Å². The first-order chi connectivity index (χ1) is 69.7. The normalized spacial score (nSPS) is 18.2. The molecule has 0 bridgehead atoms. The number of fused-ring (bicyclic) bond motifs is 16. The Morgan fingerprint density at radius 2 is 0.786 bits per heavy atom. The van der Waals surface area contributed by atoms with Crippen molar-refractivity contribution in [3.63, 3.8) is 0 Å². The molecule has 37 heteroatoms. The Morgan fingerprint density at radius 3 is 1.17 bits per heavy atom. The highest BCUT2D eigenvalue weighted by molar-refractivity contribution is 7.90. The Kier molecular flexibility index (Phi) is 24.4. The monoisotopic (exact) mass is 1960 g/mol. The van der Waals surface area contributed by atoms with Gasteiger partial charge in [-0.05, 0) is 204 Å². The Bertz CT molecular complexity index is 7790. The molecule has 24 rings (SSSR count). The largest absolute Gasteiger partial charge is 0.508 e. The number of hydrogen-bond acceptors (Lipinski definition) is 25. The van der Waals surface area contributed by atoms with Crippen molar-refractivity contribution in [1.82, 2.24) is 68.7 Å². The predicted octanol–water partition coefficient (Wildman–Crippen LogP) is 17.1. The molecule has 0 radical (unpaired) electrons. The molecule has 736 valence electrons. The molecule has 10 aliphatic rings. The van der Waals surface area contributed by atoms with Crippen LogP contribution in [0.1, 0.15) is 141 Å². The SMILES string of the molecule is C=C(O)c1ccc(Cn2nc3c(c2Nc2ccccc2)C(=O)N(C)C2=N[C@@H]4CCC[C@@H]4N23)cc1.CN1C(=O)c2c(nn(Cc3ccc(-c4cccc(=O)[nH]4)cc3)c2Nc2ccccc2)N2C1=N[C@@H]1CCC[C@@H]12.CN1C(=O)c2c(nn(Cc3ccc(S(C)(=O)=O)cc3)c2Nc2ccc(F)cc2)N2CC(C)(C)N=C12.Cc1cccc(-c2ccc(Cn3nc4c(c3Nc3ccc(F)cc3)C(=O)N(C)C3=NC(C)(C)CN34)cc2)n1. The third-order valence-electron chi connectivity index (χ3n) is 27.3. The number of aromatic amines is 1. The van der Waals surface area contributed by atoms with Gasteiger partial charge in [-0.1, -0.05) is 140 Å². The smallest absolute Gasteiger partial charge is 0.267 e.